The fourth-order valence-electron chi connectivity index (χ4n) is 1.99. The first-order valence-electron chi connectivity index (χ1n) is 5.82. The maximum atomic E-state index is 5.75. The molecule has 0 radical (unpaired) electrons. The fraction of sp³-hybridized carbons (Fsp3) is 0.538. The Bertz CT molecular complexity index is 300. The van der Waals surface area contributed by atoms with Crippen LogP contribution < -0.4 is 5.32 Å². The topological polar surface area (TPSA) is 30.5 Å². The normalized spacial score (nSPS) is 19.7. The van der Waals surface area contributed by atoms with Crippen LogP contribution in [0.1, 0.15) is 12.0 Å². The van der Waals surface area contributed by atoms with Crippen LogP contribution in [0.25, 0.3) is 0 Å². The first-order valence-corrected chi connectivity index (χ1v) is 5.82. The molecule has 1 aromatic rings. The van der Waals surface area contributed by atoms with Crippen LogP contribution >= 0.6 is 0 Å². The molecule has 88 valence electrons. The molecule has 3 heteroatoms. The van der Waals surface area contributed by atoms with E-state index in [0.29, 0.717) is 19.3 Å². The van der Waals surface area contributed by atoms with E-state index < -0.39 is 0 Å². The molecule has 0 fully saturated rings. The summed E-state index contributed by atoms with van der Waals surface area (Å²) < 4.78 is 10.7. The molecule has 0 saturated carbocycles. The number of hydrogen-bond acceptors (Lipinski definition) is 3. The summed E-state index contributed by atoms with van der Waals surface area (Å²) in [6.45, 7) is 2.24. The highest BCUT2D eigenvalue weighted by atomic mass is 16.5. The number of aryl methyl sites for hydroxylation is 1. The second kappa shape index (κ2) is 5.87. The molecule has 2 rings (SSSR count). The lowest BCUT2D eigenvalue weighted by atomic mass is 10.1. The molecular formula is C13H19NO2. The van der Waals surface area contributed by atoms with Crippen LogP contribution in [0, 0.1) is 0 Å². The number of hydrogen-bond donors (Lipinski definition) is 1. The Labute approximate surface area is 96.8 Å². The number of benzene rings is 1. The van der Waals surface area contributed by atoms with Crippen molar-refractivity contribution in [2.45, 2.75) is 18.9 Å². The summed E-state index contributed by atoms with van der Waals surface area (Å²) in [5.41, 5.74) is 2.64. The van der Waals surface area contributed by atoms with Crippen LogP contribution in [0.4, 0.5) is 5.69 Å². The lowest BCUT2D eigenvalue weighted by Gasteiger charge is -2.15. The Morgan fingerprint density at radius 1 is 1.31 bits per heavy atom. The van der Waals surface area contributed by atoms with Crippen molar-refractivity contribution in [2.24, 2.45) is 0 Å². The van der Waals surface area contributed by atoms with Crippen LogP contribution in [-0.2, 0) is 15.9 Å². The third-order valence-electron chi connectivity index (χ3n) is 2.91. The van der Waals surface area contributed by atoms with Gasteiger partial charge in [-0.3, -0.25) is 0 Å². The molecule has 0 amide bonds. The van der Waals surface area contributed by atoms with Crippen molar-refractivity contribution in [3.05, 3.63) is 29.8 Å². The van der Waals surface area contributed by atoms with Crippen molar-refractivity contribution in [3.63, 3.8) is 0 Å². The maximum Gasteiger partial charge on any atom is 0.0751 e. The number of ether oxygens (including phenoxy) is 2. The van der Waals surface area contributed by atoms with Gasteiger partial charge < -0.3 is 14.8 Å². The summed E-state index contributed by atoms with van der Waals surface area (Å²) in [6, 6.07) is 8.47. The minimum atomic E-state index is 0.294. The van der Waals surface area contributed by atoms with Gasteiger partial charge in [0.15, 0.2) is 0 Å². The maximum absolute atomic E-state index is 5.75. The van der Waals surface area contributed by atoms with Gasteiger partial charge in [-0.05, 0) is 24.5 Å². The summed E-state index contributed by atoms with van der Waals surface area (Å²) in [6.07, 6.45) is 2.46. The SMILES string of the molecule is COCCOC1CCc2ccccc2NC1. The van der Waals surface area contributed by atoms with Crippen LogP contribution in [0.5, 0.6) is 0 Å². The largest absolute Gasteiger partial charge is 0.382 e. The Kier molecular flexibility index (Phi) is 4.19. The van der Waals surface area contributed by atoms with Gasteiger partial charge in [0.1, 0.15) is 0 Å². The van der Waals surface area contributed by atoms with Crippen molar-refractivity contribution >= 4 is 5.69 Å². The molecule has 1 heterocycles. The average molecular weight is 221 g/mol. The Morgan fingerprint density at radius 2 is 2.19 bits per heavy atom. The highest BCUT2D eigenvalue weighted by Gasteiger charge is 2.15. The monoisotopic (exact) mass is 221 g/mol. The highest BCUT2D eigenvalue weighted by Crippen LogP contribution is 2.21. The molecule has 1 atom stereocenters. The zero-order valence-electron chi connectivity index (χ0n) is 9.74. The van der Waals surface area contributed by atoms with E-state index in [1.54, 1.807) is 7.11 Å². The smallest absolute Gasteiger partial charge is 0.0751 e. The quantitative estimate of drug-likeness (QED) is 0.790. The molecule has 3 nitrogen and oxygen atoms in total. The molecule has 16 heavy (non-hydrogen) atoms. The Balaban J connectivity index is 1.87. The molecule has 1 aliphatic rings. The van der Waals surface area contributed by atoms with Crippen LogP contribution in [-0.4, -0.2) is 33.0 Å². The molecule has 1 unspecified atom stereocenters. The summed E-state index contributed by atoms with van der Waals surface area (Å²) in [5, 5.41) is 3.44. The van der Waals surface area contributed by atoms with E-state index in [1.807, 2.05) is 0 Å². The summed E-state index contributed by atoms with van der Waals surface area (Å²) >= 11 is 0. The fourth-order valence-corrected chi connectivity index (χ4v) is 1.99. The Hall–Kier alpha value is -1.06. The third-order valence-corrected chi connectivity index (χ3v) is 2.91. The first kappa shape index (κ1) is 11.4. The second-order valence-electron chi connectivity index (χ2n) is 4.06. The zero-order valence-corrected chi connectivity index (χ0v) is 9.74. The molecule has 0 spiro atoms. The molecule has 1 aromatic carbocycles. The standard InChI is InChI=1S/C13H19NO2/c1-15-8-9-16-12-7-6-11-4-2-3-5-13(11)14-10-12/h2-5,12,14H,6-10H2,1H3. The van der Waals surface area contributed by atoms with E-state index in [9.17, 15) is 0 Å². The van der Waals surface area contributed by atoms with Gasteiger partial charge in [0.25, 0.3) is 0 Å². The van der Waals surface area contributed by atoms with Gasteiger partial charge >= 0.3 is 0 Å². The van der Waals surface area contributed by atoms with Crippen molar-refractivity contribution in [1.29, 1.82) is 0 Å². The number of anilines is 1. The Morgan fingerprint density at radius 3 is 3.06 bits per heavy atom. The number of para-hydroxylation sites is 1. The molecular weight excluding hydrogens is 202 g/mol. The summed E-state index contributed by atoms with van der Waals surface area (Å²) in [4.78, 5) is 0. The van der Waals surface area contributed by atoms with Gasteiger partial charge in [0.2, 0.25) is 0 Å². The first-order chi connectivity index (χ1) is 7.90. The molecule has 0 saturated heterocycles. The van der Waals surface area contributed by atoms with Gasteiger partial charge in [-0.25, -0.2) is 0 Å². The molecule has 0 aliphatic carbocycles. The zero-order chi connectivity index (χ0) is 11.2. The van der Waals surface area contributed by atoms with Crippen LogP contribution in [0.3, 0.4) is 0 Å². The molecule has 1 aliphatic heterocycles. The van der Waals surface area contributed by atoms with Crippen LogP contribution in [0.15, 0.2) is 24.3 Å². The average Bonchev–Trinajstić information content (AvgIpc) is 2.53. The van der Waals surface area contributed by atoms with Crippen LogP contribution in [0.2, 0.25) is 0 Å². The van der Waals surface area contributed by atoms with Crippen molar-refractivity contribution < 1.29 is 9.47 Å². The van der Waals surface area contributed by atoms with Crippen molar-refractivity contribution in [2.75, 3.05) is 32.2 Å². The number of methoxy groups -OCH3 is 1. The van der Waals surface area contributed by atoms with E-state index in [2.05, 4.69) is 29.6 Å². The third kappa shape index (κ3) is 2.97. The van der Waals surface area contributed by atoms with Crippen molar-refractivity contribution in [1.82, 2.24) is 0 Å². The van der Waals surface area contributed by atoms with E-state index in [-0.39, 0.29) is 0 Å². The van der Waals surface area contributed by atoms with Gasteiger partial charge in [0, 0.05) is 19.3 Å². The van der Waals surface area contributed by atoms with Gasteiger partial charge in [-0.1, -0.05) is 18.2 Å². The minimum absolute atomic E-state index is 0.294. The van der Waals surface area contributed by atoms with Crippen molar-refractivity contribution in [3.8, 4) is 0 Å². The van der Waals surface area contributed by atoms with E-state index >= 15 is 0 Å². The predicted octanol–water partition coefficient (Wildman–Crippen LogP) is 2.08. The molecule has 1 N–H and O–H groups in total. The molecule has 0 aromatic heterocycles. The van der Waals surface area contributed by atoms with E-state index in [1.165, 1.54) is 11.3 Å². The highest BCUT2D eigenvalue weighted by molar-refractivity contribution is 5.51. The summed E-state index contributed by atoms with van der Waals surface area (Å²) in [7, 11) is 1.70. The predicted molar refractivity (Wildman–Crippen MR) is 64.9 cm³/mol. The van der Waals surface area contributed by atoms with E-state index in [0.717, 1.165) is 19.4 Å². The second-order valence-corrected chi connectivity index (χ2v) is 4.06. The number of rotatable bonds is 4. The van der Waals surface area contributed by atoms with E-state index in [4.69, 9.17) is 9.47 Å². The molecule has 0 bridgehead atoms. The number of fused-ring (bicyclic) bond motifs is 1. The minimum Gasteiger partial charge on any atom is -0.382 e. The van der Waals surface area contributed by atoms with Gasteiger partial charge in [-0.2, -0.15) is 0 Å². The lowest BCUT2D eigenvalue weighted by molar-refractivity contribution is 0.0206. The lowest BCUT2D eigenvalue weighted by Crippen LogP contribution is -2.23. The summed E-state index contributed by atoms with van der Waals surface area (Å²) in [5.74, 6) is 0. The number of nitrogens with one attached hydrogen (secondary N) is 1. The van der Waals surface area contributed by atoms with Gasteiger partial charge in [-0.15, -0.1) is 0 Å². The van der Waals surface area contributed by atoms with Gasteiger partial charge in [0.05, 0.1) is 19.3 Å².